The molecule has 3 fully saturated rings. The van der Waals surface area contributed by atoms with Gasteiger partial charge in [0.1, 0.15) is 61.0 Å². The van der Waals surface area contributed by atoms with Crippen LogP contribution in [-0.4, -0.2) is 146 Å². The molecule has 0 aromatic rings. The topological polar surface area (TPSA) is 228 Å². The summed E-state index contributed by atoms with van der Waals surface area (Å²) in [5.41, 5.74) is 0. The lowest BCUT2D eigenvalue weighted by molar-refractivity contribution is -0.319. The summed E-state index contributed by atoms with van der Waals surface area (Å²) in [7, 11) is 0. The van der Waals surface area contributed by atoms with Gasteiger partial charge in [-0.05, 0) is 0 Å². The predicted octanol–water partition coefficient (Wildman–Crippen LogP) is -6.29. The van der Waals surface area contributed by atoms with E-state index >= 15 is 0 Å². The summed E-state index contributed by atoms with van der Waals surface area (Å²) < 4.78 is 26.2. The summed E-state index contributed by atoms with van der Waals surface area (Å²) in [6.45, 7) is -1.70. The van der Waals surface area contributed by atoms with E-state index in [0.29, 0.717) is 0 Å². The van der Waals surface area contributed by atoms with Crippen molar-refractivity contribution in [1.29, 1.82) is 0 Å². The Bertz CT molecular complexity index is 550. The molecule has 3 aliphatic rings. The van der Waals surface area contributed by atoms with Crippen molar-refractivity contribution in [2.45, 2.75) is 79.9 Å². The van der Waals surface area contributed by atoms with Crippen molar-refractivity contribution in [1.82, 2.24) is 0 Å². The lowest BCUT2D eigenvalue weighted by Crippen LogP contribution is -2.60. The minimum atomic E-state index is -1.75. The highest BCUT2D eigenvalue weighted by molar-refractivity contribution is 4.94. The van der Waals surface area contributed by atoms with Crippen LogP contribution in [0.3, 0.4) is 0 Å². The Morgan fingerprint density at radius 2 is 1.20 bits per heavy atom. The third-order valence-electron chi connectivity index (χ3n) is 5.35. The van der Waals surface area contributed by atoms with Crippen LogP contribution in [0.2, 0.25) is 0 Å². The molecule has 3 rings (SSSR count). The van der Waals surface area contributed by atoms with Crippen LogP contribution in [0.1, 0.15) is 0 Å². The molecule has 0 spiro atoms. The van der Waals surface area contributed by atoms with Crippen LogP contribution in [0, 0.1) is 0 Å². The second-order valence-corrected chi connectivity index (χ2v) is 7.40. The van der Waals surface area contributed by atoms with Crippen molar-refractivity contribution in [2.24, 2.45) is 0 Å². The van der Waals surface area contributed by atoms with Crippen LogP contribution >= 0.6 is 0 Å². The standard InChI is InChI=1S/C16H28O14/c17-1-5-7(20)8(21)9(22)15(27-5)30-13-6(2-18)28-16(11(13)24)29-12-4(19)3-26-14(25)10(12)23/h4-25H,1-3H2/t4-,5+,6-,7+,8+,9+,10-,11-,12+,13+,14+,15-,16+/m0/s1. The molecule has 0 aromatic heterocycles. The number of hydrogen-bond acceptors (Lipinski definition) is 14. The summed E-state index contributed by atoms with van der Waals surface area (Å²) in [5, 5.41) is 88.5. The second-order valence-electron chi connectivity index (χ2n) is 7.40. The molecule has 0 radical (unpaired) electrons. The van der Waals surface area contributed by atoms with E-state index in [4.69, 9.17) is 23.7 Å². The van der Waals surface area contributed by atoms with Crippen LogP contribution in [0.25, 0.3) is 0 Å². The summed E-state index contributed by atoms with van der Waals surface area (Å²) in [5.74, 6) is 0. The third-order valence-corrected chi connectivity index (χ3v) is 5.35. The Morgan fingerprint density at radius 1 is 0.633 bits per heavy atom. The number of hydrogen-bond donors (Lipinski definition) is 9. The largest absolute Gasteiger partial charge is 0.394 e. The minimum absolute atomic E-state index is 0.347. The maximum absolute atomic E-state index is 10.5. The summed E-state index contributed by atoms with van der Waals surface area (Å²) in [6, 6.07) is 0. The average Bonchev–Trinajstić information content (AvgIpc) is 3.03. The van der Waals surface area contributed by atoms with Gasteiger partial charge in [-0.25, -0.2) is 0 Å². The number of rotatable bonds is 6. The SMILES string of the molecule is OC[C@@H]1O[C@H](O[C@H]2[C@H](O)[C@H](O)OC[C@@H]2O)[C@@H](O)[C@@H]1O[C@@H]1O[C@H](CO)[C@@H](O)[C@@H](O)[C@H]1O. The lowest BCUT2D eigenvalue weighted by atomic mass is 9.99. The maximum atomic E-state index is 10.5. The van der Waals surface area contributed by atoms with Gasteiger partial charge in [-0.15, -0.1) is 0 Å². The molecule has 0 bridgehead atoms. The molecule has 30 heavy (non-hydrogen) atoms. The first-order valence-electron chi connectivity index (χ1n) is 9.41. The second kappa shape index (κ2) is 9.93. The van der Waals surface area contributed by atoms with E-state index in [0.717, 1.165) is 0 Å². The number of aliphatic hydroxyl groups excluding tert-OH is 9. The van der Waals surface area contributed by atoms with E-state index in [1.165, 1.54) is 0 Å². The van der Waals surface area contributed by atoms with Crippen LogP contribution in [0.5, 0.6) is 0 Å². The van der Waals surface area contributed by atoms with Crippen LogP contribution in [0.15, 0.2) is 0 Å². The van der Waals surface area contributed by atoms with Gasteiger partial charge >= 0.3 is 0 Å². The molecular weight excluding hydrogens is 416 g/mol. The van der Waals surface area contributed by atoms with Gasteiger partial charge in [0.2, 0.25) is 0 Å². The number of ether oxygens (including phenoxy) is 5. The maximum Gasteiger partial charge on any atom is 0.187 e. The Kier molecular flexibility index (Phi) is 7.97. The zero-order chi connectivity index (χ0) is 22.2. The van der Waals surface area contributed by atoms with Gasteiger partial charge < -0.3 is 69.6 Å². The Balaban J connectivity index is 1.68. The van der Waals surface area contributed by atoms with Crippen molar-refractivity contribution < 1.29 is 69.6 Å². The smallest absolute Gasteiger partial charge is 0.187 e. The predicted molar refractivity (Wildman–Crippen MR) is 89.2 cm³/mol. The molecule has 0 aliphatic carbocycles. The fourth-order valence-corrected chi connectivity index (χ4v) is 3.57. The average molecular weight is 444 g/mol. The molecule has 0 unspecified atom stereocenters. The summed E-state index contributed by atoms with van der Waals surface area (Å²) in [6.07, 6.45) is -19.6. The zero-order valence-corrected chi connectivity index (χ0v) is 15.7. The quantitative estimate of drug-likeness (QED) is 0.186. The Labute approximate surface area is 170 Å². The number of aliphatic hydroxyl groups is 9. The first-order chi connectivity index (χ1) is 14.2. The molecule has 14 nitrogen and oxygen atoms in total. The van der Waals surface area contributed by atoms with E-state index in [-0.39, 0.29) is 6.61 Å². The first-order valence-corrected chi connectivity index (χ1v) is 9.41. The molecule has 0 amide bonds. The normalized spacial score (nSPS) is 52.5. The molecule has 0 aromatic carbocycles. The van der Waals surface area contributed by atoms with Crippen molar-refractivity contribution >= 4 is 0 Å². The third kappa shape index (κ3) is 4.62. The molecule has 3 aliphatic heterocycles. The monoisotopic (exact) mass is 444 g/mol. The Morgan fingerprint density at radius 3 is 1.83 bits per heavy atom. The summed E-state index contributed by atoms with van der Waals surface area (Å²) in [4.78, 5) is 0. The van der Waals surface area contributed by atoms with Crippen LogP contribution in [-0.2, 0) is 23.7 Å². The van der Waals surface area contributed by atoms with Crippen molar-refractivity contribution in [3.63, 3.8) is 0 Å². The van der Waals surface area contributed by atoms with Crippen molar-refractivity contribution in [2.75, 3.05) is 19.8 Å². The molecule has 9 N–H and O–H groups in total. The molecule has 3 saturated heterocycles. The van der Waals surface area contributed by atoms with E-state index in [1.54, 1.807) is 0 Å². The van der Waals surface area contributed by atoms with Gasteiger partial charge in [0.05, 0.1) is 19.8 Å². The van der Waals surface area contributed by atoms with Crippen LogP contribution < -0.4 is 0 Å². The molecular formula is C16H28O14. The highest BCUT2D eigenvalue weighted by Gasteiger charge is 2.52. The van der Waals surface area contributed by atoms with Crippen molar-refractivity contribution in [3.05, 3.63) is 0 Å². The van der Waals surface area contributed by atoms with Crippen LogP contribution in [0.4, 0.5) is 0 Å². The van der Waals surface area contributed by atoms with E-state index in [1.807, 2.05) is 0 Å². The molecule has 0 saturated carbocycles. The zero-order valence-electron chi connectivity index (χ0n) is 15.7. The van der Waals surface area contributed by atoms with Gasteiger partial charge in [0.25, 0.3) is 0 Å². The molecule has 13 atom stereocenters. The van der Waals surface area contributed by atoms with Gasteiger partial charge in [-0.2, -0.15) is 0 Å². The van der Waals surface area contributed by atoms with Gasteiger partial charge in [0, 0.05) is 0 Å². The molecule has 3 heterocycles. The van der Waals surface area contributed by atoms with Crippen molar-refractivity contribution in [3.8, 4) is 0 Å². The molecule has 176 valence electrons. The van der Waals surface area contributed by atoms with Gasteiger partial charge in [-0.3, -0.25) is 0 Å². The molecule has 14 heteroatoms. The summed E-state index contributed by atoms with van der Waals surface area (Å²) >= 11 is 0. The Hall–Kier alpha value is -0.560. The fraction of sp³-hybridized carbons (Fsp3) is 1.00. The lowest BCUT2D eigenvalue weighted by Gasteiger charge is -2.41. The highest BCUT2D eigenvalue weighted by Crippen LogP contribution is 2.31. The highest BCUT2D eigenvalue weighted by atomic mass is 16.8. The minimum Gasteiger partial charge on any atom is -0.394 e. The first kappa shape index (κ1) is 24.1. The van der Waals surface area contributed by atoms with Gasteiger partial charge in [0.15, 0.2) is 18.9 Å². The van der Waals surface area contributed by atoms with E-state index in [9.17, 15) is 46.0 Å². The fourth-order valence-electron chi connectivity index (χ4n) is 3.57. The van der Waals surface area contributed by atoms with E-state index < -0.39 is 93.1 Å². The van der Waals surface area contributed by atoms with E-state index in [2.05, 4.69) is 0 Å². The van der Waals surface area contributed by atoms with Gasteiger partial charge in [-0.1, -0.05) is 0 Å².